The van der Waals surface area contributed by atoms with E-state index in [1.807, 2.05) is 18.2 Å². The predicted molar refractivity (Wildman–Crippen MR) is 148 cm³/mol. The lowest BCUT2D eigenvalue weighted by Crippen LogP contribution is -2.45. The smallest absolute Gasteiger partial charge is 0.0450 e. The lowest BCUT2D eigenvalue weighted by Gasteiger charge is -2.40. The summed E-state index contributed by atoms with van der Waals surface area (Å²) in [6.07, 6.45) is -2.95. The van der Waals surface area contributed by atoms with Crippen LogP contribution in [0, 0.1) is 0 Å². The fraction of sp³-hybridized carbons (Fsp3) is 0.760. The van der Waals surface area contributed by atoms with Gasteiger partial charge in [0, 0.05) is 38.5 Å². The molecule has 1 rings (SSSR count). The molecule has 0 aliphatic heterocycles. The topological polar surface area (TPSA) is 0 Å². The van der Waals surface area contributed by atoms with Crippen LogP contribution in [0.4, 0.5) is 0 Å². The minimum atomic E-state index is -1.85. The first-order valence-corrected chi connectivity index (χ1v) is 24.5. The van der Waals surface area contributed by atoms with Crippen LogP contribution in [0.1, 0.15) is 42.9 Å². The van der Waals surface area contributed by atoms with Crippen LogP contribution in [0.2, 0.25) is 82.3 Å². The van der Waals surface area contributed by atoms with Gasteiger partial charge >= 0.3 is 0 Å². The normalized spacial score (nSPS) is 18.3. The van der Waals surface area contributed by atoms with Gasteiger partial charge in [0.25, 0.3) is 0 Å². The van der Waals surface area contributed by atoms with Crippen molar-refractivity contribution in [1.82, 2.24) is 0 Å². The van der Waals surface area contributed by atoms with E-state index >= 15 is 0 Å². The molecule has 0 aliphatic carbocycles. The number of hydrogen-bond donors (Lipinski definition) is 0. The number of rotatable bonds is 8. The summed E-state index contributed by atoms with van der Waals surface area (Å²) in [5.41, 5.74) is 2.03. The molecule has 1 atom stereocenters. The van der Waals surface area contributed by atoms with Crippen LogP contribution in [-0.4, -0.2) is 33.0 Å². The Balaban J connectivity index is 4.09. The molecule has 1 unspecified atom stereocenters. The van der Waals surface area contributed by atoms with Gasteiger partial charge in [-0.1, -0.05) is 111 Å². The highest BCUT2D eigenvalue weighted by Crippen LogP contribution is 2.40. The lowest BCUT2D eigenvalue weighted by atomic mass is 9.79. The molecule has 1 aromatic carbocycles. The molecule has 29 heavy (non-hydrogen) atoms. The maximum absolute atomic E-state index is 9.60. The van der Waals surface area contributed by atoms with Crippen LogP contribution in [0.3, 0.4) is 0 Å². The standard InChI is InChI=1S/C25H51Si4/c1-25(2,3)24-20(18-22(26(4)5)27(6,7)8)16-15-17-21(24)19-23(28(9,10)11)29(12,13)14/h15-17,22-23H,18-19H2,1-14H3/i18D2,19D2. The Kier molecular flexibility index (Phi) is 6.72. The second-order valence-corrected chi connectivity index (χ2v) is 33.1. The van der Waals surface area contributed by atoms with Gasteiger partial charge in [0.1, 0.15) is 0 Å². The second kappa shape index (κ2) is 9.29. The Hall–Kier alpha value is 0.0875. The molecule has 0 bridgehead atoms. The quantitative estimate of drug-likeness (QED) is 0.335. The zero-order valence-corrected chi connectivity index (χ0v) is 25.9. The summed E-state index contributed by atoms with van der Waals surface area (Å²) in [5.74, 6) is 0. The van der Waals surface area contributed by atoms with E-state index in [0.717, 1.165) is 16.7 Å². The molecule has 4 heteroatoms. The maximum Gasteiger partial charge on any atom is 0.0450 e. The summed E-state index contributed by atoms with van der Waals surface area (Å²) in [7, 11) is -6.40. The van der Waals surface area contributed by atoms with Crippen LogP contribution in [0.25, 0.3) is 0 Å². The molecular formula is C25H51Si4. The fourth-order valence-electron chi connectivity index (χ4n) is 4.87. The van der Waals surface area contributed by atoms with Crippen molar-refractivity contribution in [3.63, 3.8) is 0 Å². The van der Waals surface area contributed by atoms with Crippen LogP contribution >= 0.6 is 0 Å². The van der Waals surface area contributed by atoms with E-state index in [2.05, 4.69) is 92.8 Å². The SMILES string of the molecule is [2H]C([2H])(c1cccc(C([2H])([2H])C([Si](C)(C)C)[Si](C)(C)C)c1C(C)(C)C)C([Si](C)C)[Si](C)(C)C. The van der Waals surface area contributed by atoms with Gasteiger partial charge in [0.15, 0.2) is 0 Å². The largest absolute Gasteiger partial charge is 0.0713 e. The number of hydrogen-bond acceptors (Lipinski definition) is 0. The lowest BCUT2D eigenvalue weighted by molar-refractivity contribution is 0.574. The van der Waals surface area contributed by atoms with Gasteiger partial charge in [-0.3, -0.25) is 0 Å². The first kappa shape index (κ1) is 21.0. The molecule has 0 amide bonds. The van der Waals surface area contributed by atoms with Crippen molar-refractivity contribution < 1.29 is 5.48 Å². The van der Waals surface area contributed by atoms with Crippen molar-refractivity contribution in [2.45, 2.75) is 121 Å². The molecule has 0 saturated carbocycles. The molecule has 1 aromatic rings. The Labute approximate surface area is 194 Å². The summed E-state index contributed by atoms with van der Waals surface area (Å²) < 4.78 is 38.2. The molecule has 0 aliphatic rings. The zero-order chi connectivity index (χ0) is 26.6. The monoisotopic (exact) mass is 467 g/mol. The summed E-state index contributed by atoms with van der Waals surface area (Å²) in [6.45, 7) is 31.6. The summed E-state index contributed by atoms with van der Waals surface area (Å²) in [4.78, 5) is 0. The van der Waals surface area contributed by atoms with E-state index in [1.54, 1.807) is 0 Å². The zero-order valence-electron chi connectivity index (χ0n) is 25.9. The molecule has 0 N–H and O–H groups in total. The minimum Gasteiger partial charge on any atom is -0.0713 e. The van der Waals surface area contributed by atoms with Gasteiger partial charge in [-0.2, -0.15) is 0 Å². The summed E-state index contributed by atoms with van der Waals surface area (Å²) in [5, 5.41) is 0.0754. The third kappa shape index (κ3) is 7.62. The minimum absolute atomic E-state index is 0.0319. The molecule has 0 aromatic heterocycles. The van der Waals surface area contributed by atoms with Crippen molar-refractivity contribution in [1.29, 1.82) is 0 Å². The van der Waals surface area contributed by atoms with Crippen molar-refractivity contribution in [2.75, 3.05) is 0 Å². The van der Waals surface area contributed by atoms with E-state index < -0.39 is 45.8 Å². The van der Waals surface area contributed by atoms with Crippen LogP contribution in [0.5, 0.6) is 0 Å². The Morgan fingerprint density at radius 1 is 0.793 bits per heavy atom. The number of benzene rings is 1. The van der Waals surface area contributed by atoms with Gasteiger partial charge in [-0.25, -0.2) is 0 Å². The predicted octanol–water partition coefficient (Wildman–Crippen LogP) is 8.66. The van der Waals surface area contributed by atoms with Gasteiger partial charge in [0.2, 0.25) is 0 Å². The first-order valence-electron chi connectivity index (χ1n) is 13.2. The fourth-order valence-corrected chi connectivity index (χ4v) is 24.4. The van der Waals surface area contributed by atoms with Crippen molar-refractivity contribution in [3.05, 3.63) is 34.9 Å². The second-order valence-electron chi connectivity index (χ2n) is 13.3. The molecule has 0 heterocycles. The highest BCUT2D eigenvalue weighted by molar-refractivity contribution is 6.96. The van der Waals surface area contributed by atoms with Crippen molar-refractivity contribution >= 4 is 33.0 Å². The average Bonchev–Trinajstić information content (AvgIpc) is 2.47. The molecule has 167 valence electrons. The van der Waals surface area contributed by atoms with E-state index in [-0.39, 0.29) is 15.7 Å². The van der Waals surface area contributed by atoms with Gasteiger partial charge < -0.3 is 0 Å². The van der Waals surface area contributed by atoms with E-state index in [1.165, 1.54) is 0 Å². The summed E-state index contributed by atoms with van der Waals surface area (Å²) in [6, 6.07) is 5.87. The molecule has 0 fully saturated rings. The first-order chi connectivity index (χ1) is 14.3. The summed E-state index contributed by atoms with van der Waals surface area (Å²) >= 11 is 0. The van der Waals surface area contributed by atoms with Gasteiger partial charge in [-0.05, 0) is 45.2 Å². The van der Waals surface area contributed by atoms with Gasteiger partial charge in [0.05, 0.1) is 0 Å². The third-order valence-electron chi connectivity index (χ3n) is 5.59. The van der Waals surface area contributed by atoms with Crippen LogP contribution in [0.15, 0.2) is 18.2 Å². The van der Waals surface area contributed by atoms with E-state index in [0.29, 0.717) is 0 Å². The van der Waals surface area contributed by atoms with Crippen LogP contribution < -0.4 is 0 Å². The van der Waals surface area contributed by atoms with E-state index in [9.17, 15) is 5.48 Å². The van der Waals surface area contributed by atoms with E-state index in [4.69, 9.17) is 0 Å². The molecule has 0 nitrogen and oxygen atoms in total. The molecule has 0 spiro atoms. The third-order valence-corrected chi connectivity index (χ3v) is 22.0. The van der Waals surface area contributed by atoms with Gasteiger partial charge in [-0.15, -0.1) is 0 Å². The maximum atomic E-state index is 9.60. The van der Waals surface area contributed by atoms with Crippen LogP contribution in [-0.2, 0) is 18.2 Å². The van der Waals surface area contributed by atoms with Crippen molar-refractivity contribution in [3.8, 4) is 0 Å². The molecule has 0 saturated heterocycles. The van der Waals surface area contributed by atoms with Crippen molar-refractivity contribution in [2.24, 2.45) is 0 Å². The molecule has 1 radical (unpaired) electrons. The molecular weight excluding hydrogens is 413 g/mol. The average molecular weight is 468 g/mol. The highest BCUT2D eigenvalue weighted by atomic mass is 28.4. The highest BCUT2D eigenvalue weighted by Gasteiger charge is 2.39. The Morgan fingerprint density at radius 2 is 1.21 bits per heavy atom. The Bertz CT molecular complexity index is 809. The Morgan fingerprint density at radius 3 is 1.52 bits per heavy atom.